The van der Waals surface area contributed by atoms with Crippen molar-refractivity contribution < 1.29 is 4.79 Å². The number of rotatable bonds is 2. The predicted molar refractivity (Wildman–Crippen MR) is 87.5 cm³/mol. The van der Waals surface area contributed by atoms with E-state index in [0.717, 1.165) is 34.1 Å². The lowest BCUT2D eigenvalue weighted by atomic mass is 10.1. The molecule has 104 valence electrons. The van der Waals surface area contributed by atoms with E-state index in [2.05, 4.69) is 18.2 Å². The summed E-state index contributed by atoms with van der Waals surface area (Å²) in [5.74, 6) is 0.894. The maximum Gasteiger partial charge on any atom is 0.282 e. The summed E-state index contributed by atoms with van der Waals surface area (Å²) in [4.78, 5) is 18.4. The summed E-state index contributed by atoms with van der Waals surface area (Å²) in [5, 5.41) is 2.46. The van der Waals surface area contributed by atoms with Gasteiger partial charge in [-0.3, -0.25) is 4.79 Å². The number of aromatic nitrogens is 1. The largest absolute Gasteiger partial charge is 0.328 e. The van der Waals surface area contributed by atoms with Gasteiger partial charge in [0.2, 0.25) is 0 Å². The summed E-state index contributed by atoms with van der Waals surface area (Å²) in [7, 11) is 0. The topological polar surface area (TPSA) is 33.2 Å². The molecule has 1 aliphatic rings. The highest BCUT2D eigenvalue weighted by molar-refractivity contribution is 8.13. The highest BCUT2D eigenvalue weighted by Crippen LogP contribution is 2.26. The van der Waals surface area contributed by atoms with E-state index in [1.54, 1.807) is 0 Å². The minimum absolute atomic E-state index is 0.181. The van der Waals surface area contributed by atoms with Crippen molar-refractivity contribution in [3.8, 4) is 0 Å². The molecule has 1 aromatic heterocycles. The molecule has 0 atom stereocenters. The van der Waals surface area contributed by atoms with E-state index >= 15 is 0 Å². The van der Waals surface area contributed by atoms with Gasteiger partial charge in [-0.2, -0.15) is 0 Å². The molecular formula is C17H14N2OS. The molecule has 0 saturated carbocycles. The maximum atomic E-state index is 11.8. The quantitative estimate of drug-likeness (QED) is 0.668. The summed E-state index contributed by atoms with van der Waals surface area (Å²) in [6.45, 7) is 1.50. The Morgan fingerprint density at radius 2 is 1.95 bits per heavy atom. The number of thioether (sulfide) groups is 1. The zero-order valence-corrected chi connectivity index (χ0v) is 12.3. The monoisotopic (exact) mass is 294 g/mol. The van der Waals surface area contributed by atoms with Gasteiger partial charge in [0.15, 0.2) is 0 Å². The molecule has 1 aliphatic heterocycles. The van der Waals surface area contributed by atoms with Crippen LogP contribution in [0.15, 0.2) is 48.5 Å². The van der Waals surface area contributed by atoms with E-state index in [9.17, 15) is 4.79 Å². The van der Waals surface area contributed by atoms with Crippen LogP contribution in [0.4, 0.5) is 4.79 Å². The van der Waals surface area contributed by atoms with Crippen LogP contribution in [0.25, 0.3) is 21.8 Å². The van der Waals surface area contributed by atoms with Gasteiger partial charge in [-0.25, -0.2) is 4.98 Å². The third kappa shape index (κ3) is 2.25. The Balaban J connectivity index is 1.84. The third-order valence-corrected chi connectivity index (χ3v) is 4.75. The number of fused-ring (bicyclic) bond motifs is 2. The second-order valence-corrected chi connectivity index (χ2v) is 6.25. The second-order valence-electron chi connectivity index (χ2n) is 5.20. The summed E-state index contributed by atoms with van der Waals surface area (Å²) in [6, 6.07) is 16.5. The molecule has 0 bridgehead atoms. The van der Waals surface area contributed by atoms with Crippen LogP contribution in [0, 0.1) is 0 Å². The van der Waals surface area contributed by atoms with E-state index in [-0.39, 0.29) is 5.24 Å². The van der Waals surface area contributed by atoms with Gasteiger partial charge >= 0.3 is 0 Å². The lowest BCUT2D eigenvalue weighted by Crippen LogP contribution is -2.22. The van der Waals surface area contributed by atoms with Crippen molar-refractivity contribution in [2.75, 3.05) is 12.3 Å². The third-order valence-electron chi connectivity index (χ3n) is 3.86. The highest BCUT2D eigenvalue weighted by atomic mass is 32.2. The van der Waals surface area contributed by atoms with Crippen LogP contribution in [-0.2, 0) is 6.54 Å². The Kier molecular flexibility index (Phi) is 3.04. The van der Waals surface area contributed by atoms with Crippen LogP contribution in [0.1, 0.15) is 5.56 Å². The molecule has 2 heterocycles. The Hall–Kier alpha value is -2.07. The number of benzene rings is 2. The summed E-state index contributed by atoms with van der Waals surface area (Å²) in [6.07, 6.45) is 0. The number of carbonyl (C=O) groups is 1. The molecule has 1 amide bonds. The van der Waals surface area contributed by atoms with Gasteiger partial charge in [0.05, 0.1) is 11.0 Å². The molecule has 0 N–H and O–H groups in total. The molecule has 4 heteroatoms. The fourth-order valence-corrected chi connectivity index (χ4v) is 3.60. The average Bonchev–Trinajstić information content (AvgIpc) is 2.91. The number of hydrogen-bond donors (Lipinski definition) is 0. The molecule has 0 radical (unpaired) electrons. The highest BCUT2D eigenvalue weighted by Gasteiger charge is 2.21. The normalized spacial score (nSPS) is 15.2. The Morgan fingerprint density at radius 1 is 1.10 bits per heavy atom. The van der Waals surface area contributed by atoms with Crippen LogP contribution in [0.5, 0.6) is 0 Å². The summed E-state index contributed by atoms with van der Waals surface area (Å²) >= 11 is 1.40. The number of amides is 1. The van der Waals surface area contributed by atoms with Crippen molar-refractivity contribution in [2.45, 2.75) is 6.54 Å². The Morgan fingerprint density at radius 3 is 2.81 bits per heavy atom. The van der Waals surface area contributed by atoms with E-state index < -0.39 is 0 Å². The van der Waals surface area contributed by atoms with Crippen molar-refractivity contribution in [3.05, 3.63) is 54.1 Å². The van der Waals surface area contributed by atoms with Gasteiger partial charge in [0, 0.05) is 29.6 Å². The van der Waals surface area contributed by atoms with Crippen LogP contribution < -0.4 is 0 Å². The van der Waals surface area contributed by atoms with Crippen LogP contribution in [-0.4, -0.2) is 27.4 Å². The molecule has 4 rings (SSSR count). The maximum absolute atomic E-state index is 11.8. The summed E-state index contributed by atoms with van der Waals surface area (Å²) in [5.41, 5.74) is 3.17. The molecule has 0 spiro atoms. The van der Waals surface area contributed by atoms with Crippen LogP contribution in [0.2, 0.25) is 0 Å². The molecule has 1 saturated heterocycles. The number of nitrogens with zero attached hydrogens (tertiary/aromatic N) is 2. The standard InChI is InChI=1S/C17H14N2OS/c20-17-19(8-9-21-17)11-13-5-3-7-16-14(13)10-12-4-1-2-6-15(12)18-16/h1-7,10H,8-9,11H2. The minimum Gasteiger partial charge on any atom is -0.328 e. The number of hydrogen-bond acceptors (Lipinski definition) is 3. The molecule has 2 aromatic carbocycles. The van der Waals surface area contributed by atoms with Crippen molar-refractivity contribution in [1.82, 2.24) is 9.88 Å². The van der Waals surface area contributed by atoms with E-state index in [1.807, 2.05) is 35.2 Å². The van der Waals surface area contributed by atoms with Gasteiger partial charge in [-0.15, -0.1) is 0 Å². The molecule has 1 fully saturated rings. The second kappa shape index (κ2) is 5.04. The van der Waals surface area contributed by atoms with Gasteiger partial charge in [-0.05, 0) is 23.8 Å². The number of pyridine rings is 1. The Labute approximate surface area is 127 Å². The first-order chi connectivity index (χ1) is 10.3. The SMILES string of the molecule is O=C1SCCN1Cc1cccc2nc3ccccc3cc12. The smallest absolute Gasteiger partial charge is 0.282 e. The fraction of sp³-hybridized carbons (Fsp3) is 0.176. The van der Waals surface area contributed by atoms with Gasteiger partial charge in [0.1, 0.15) is 0 Å². The average molecular weight is 294 g/mol. The van der Waals surface area contributed by atoms with Gasteiger partial charge in [0.25, 0.3) is 5.24 Å². The lowest BCUT2D eigenvalue weighted by molar-refractivity contribution is 0.228. The van der Waals surface area contributed by atoms with Crippen molar-refractivity contribution in [1.29, 1.82) is 0 Å². The molecule has 3 aromatic rings. The lowest BCUT2D eigenvalue weighted by Gasteiger charge is -2.16. The molecule has 21 heavy (non-hydrogen) atoms. The number of para-hydroxylation sites is 1. The van der Waals surface area contributed by atoms with Crippen molar-refractivity contribution >= 4 is 38.8 Å². The molecule has 0 aliphatic carbocycles. The van der Waals surface area contributed by atoms with E-state index in [0.29, 0.717) is 6.54 Å². The van der Waals surface area contributed by atoms with Crippen LogP contribution in [0.3, 0.4) is 0 Å². The molecular weight excluding hydrogens is 280 g/mol. The first kappa shape index (κ1) is 12.7. The summed E-state index contributed by atoms with van der Waals surface area (Å²) < 4.78 is 0. The minimum atomic E-state index is 0.181. The van der Waals surface area contributed by atoms with Crippen molar-refractivity contribution in [2.24, 2.45) is 0 Å². The zero-order valence-electron chi connectivity index (χ0n) is 11.5. The Bertz CT molecular complexity index is 846. The first-order valence-corrected chi connectivity index (χ1v) is 7.99. The molecule has 3 nitrogen and oxygen atoms in total. The fourth-order valence-electron chi connectivity index (χ4n) is 2.77. The van der Waals surface area contributed by atoms with E-state index in [4.69, 9.17) is 4.98 Å². The predicted octanol–water partition coefficient (Wildman–Crippen LogP) is 4.06. The first-order valence-electron chi connectivity index (χ1n) is 7.00. The van der Waals surface area contributed by atoms with E-state index in [1.165, 1.54) is 17.3 Å². The van der Waals surface area contributed by atoms with Gasteiger partial charge in [-0.1, -0.05) is 42.1 Å². The number of carbonyl (C=O) groups excluding carboxylic acids is 1. The van der Waals surface area contributed by atoms with Gasteiger partial charge < -0.3 is 4.90 Å². The van der Waals surface area contributed by atoms with Crippen molar-refractivity contribution in [3.63, 3.8) is 0 Å². The molecule has 0 unspecified atom stereocenters. The zero-order chi connectivity index (χ0) is 14.2. The van der Waals surface area contributed by atoms with Crippen LogP contribution >= 0.6 is 11.8 Å².